The van der Waals surface area contributed by atoms with Crippen molar-refractivity contribution in [2.45, 2.75) is 43.8 Å². The van der Waals surface area contributed by atoms with Crippen molar-refractivity contribution in [2.24, 2.45) is 0 Å². The molecule has 2 nitrogen and oxygen atoms in total. The van der Waals surface area contributed by atoms with E-state index in [0.29, 0.717) is 18.4 Å². The number of fused-ring (bicyclic) bond motifs is 1. The molecule has 0 saturated carbocycles. The first-order valence-corrected chi connectivity index (χ1v) is 6.53. The molecule has 1 unspecified atom stereocenters. The van der Waals surface area contributed by atoms with Gasteiger partial charge in [-0.2, -0.15) is 18.4 Å². The van der Waals surface area contributed by atoms with Crippen molar-refractivity contribution < 1.29 is 13.2 Å². The van der Waals surface area contributed by atoms with E-state index >= 15 is 0 Å². The third-order valence-corrected chi connectivity index (χ3v) is 4.02. The van der Waals surface area contributed by atoms with Crippen LogP contribution in [0, 0.1) is 11.3 Å². The molecule has 0 fully saturated rings. The zero-order valence-electron chi connectivity index (χ0n) is 11.5. The van der Waals surface area contributed by atoms with Gasteiger partial charge in [-0.15, -0.1) is 0 Å². The van der Waals surface area contributed by atoms with Crippen LogP contribution in [0.1, 0.15) is 37.8 Å². The molecule has 0 aliphatic heterocycles. The lowest BCUT2D eigenvalue weighted by Crippen LogP contribution is -2.50. The third-order valence-electron chi connectivity index (χ3n) is 4.02. The van der Waals surface area contributed by atoms with Crippen LogP contribution in [0.3, 0.4) is 0 Å². The standard InChI is InChI=1S/C15H17F3N2/c1-13(2)7-8-14(9-19,20-10-15(16,17)18)12-6-4-3-5-11(12)13/h3-6,20H,7-8,10H2,1-2H3. The lowest BCUT2D eigenvalue weighted by Gasteiger charge is -2.42. The van der Waals surface area contributed by atoms with Crippen LogP contribution in [0.5, 0.6) is 0 Å². The van der Waals surface area contributed by atoms with Gasteiger partial charge in [0.25, 0.3) is 0 Å². The molecular weight excluding hydrogens is 265 g/mol. The zero-order valence-corrected chi connectivity index (χ0v) is 11.5. The van der Waals surface area contributed by atoms with Crippen LogP contribution in [-0.2, 0) is 11.0 Å². The maximum Gasteiger partial charge on any atom is 0.401 e. The first-order chi connectivity index (χ1) is 9.20. The first kappa shape index (κ1) is 14.9. The zero-order chi connectivity index (χ0) is 15.0. The molecule has 1 aromatic rings. The van der Waals surface area contributed by atoms with Crippen LogP contribution in [-0.4, -0.2) is 12.7 Å². The Hall–Kier alpha value is -1.54. The summed E-state index contributed by atoms with van der Waals surface area (Å²) in [4.78, 5) is 0. The third kappa shape index (κ3) is 2.66. The Bertz CT molecular complexity index is 543. The van der Waals surface area contributed by atoms with Gasteiger partial charge in [0.15, 0.2) is 0 Å². The minimum Gasteiger partial charge on any atom is -0.287 e. The van der Waals surface area contributed by atoms with Gasteiger partial charge in [-0.1, -0.05) is 38.1 Å². The number of hydrogen-bond acceptors (Lipinski definition) is 2. The summed E-state index contributed by atoms with van der Waals surface area (Å²) in [5.41, 5.74) is 0.240. The van der Waals surface area contributed by atoms with E-state index in [1.54, 1.807) is 12.1 Å². The van der Waals surface area contributed by atoms with Gasteiger partial charge in [-0.3, -0.25) is 5.32 Å². The fraction of sp³-hybridized carbons (Fsp3) is 0.533. The molecule has 20 heavy (non-hydrogen) atoms. The molecular formula is C15H17F3N2. The quantitative estimate of drug-likeness (QED) is 0.899. The van der Waals surface area contributed by atoms with Crippen molar-refractivity contribution in [2.75, 3.05) is 6.54 Å². The van der Waals surface area contributed by atoms with Crippen LogP contribution in [0.2, 0.25) is 0 Å². The second kappa shape index (κ2) is 4.78. The lowest BCUT2D eigenvalue weighted by atomic mass is 9.66. The molecule has 0 aromatic heterocycles. The normalized spacial score (nSPS) is 24.8. The fourth-order valence-electron chi connectivity index (χ4n) is 2.81. The maximum atomic E-state index is 12.5. The first-order valence-electron chi connectivity index (χ1n) is 6.53. The van der Waals surface area contributed by atoms with Crippen LogP contribution in [0.15, 0.2) is 24.3 Å². The molecule has 0 saturated heterocycles. The van der Waals surface area contributed by atoms with Gasteiger partial charge in [-0.05, 0) is 29.4 Å². The Morgan fingerprint density at radius 1 is 1.20 bits per heavy atom. The molecule has 0 heterocycles. The summed E-state index contributed by atoms with van der Waals surface area (Å²) in [6.07, 6.45) is -3.28. The van der Waals surface area contributed by atoms with E-state index in [1.807, 2.05) is 12.1 Å². The summed E-state index contributed by atoms with van der Waals surface area (Å²) >= 11 is 0. The van der Waals surface area contributed by atoms with Crippen molar-refractivity contribution in [1.82, 2.24) is 5.32 Å². The molecule has 0 spiro atoms. The number of nitriles is 1. The predicted octanol–water partition coefficient (Wildman–Crippen LogP) is 3.63. The monoisotopic (exact) mass is 282 g/mol. The number of halogens is 3. The molecule has 1 aromatic carbocycles. The van der Waals surface area contributed by atoms with Crippen molar-refractivity contribution in [3.8, 4) is 6.07 Å². The Morgan fingerprint density at radius 3 is 2.35 bits per heavy atom. The van der Waals surface area contributed by atoms with Crippen molar-refractivity contribution in [3.05, 3.63) is 35.4 Å². The molecule has 5 heteroatoms. The molecule has 1 aliphatic rings. The van der Waals surface area contributed by atoms with Crippen LogP contribution >= 0.6 is 0 Å². The number of rotatable bonds is 2. The molecule has 0 radical (unpaired) electrons. The minimum atomic E-state index is -4.33. The van der Waals surface area contributed by atoms with Crippen LogP contribution in [0.4, 0.5) is 13.2 Å². The Balaban J connectivity index is 2.44. The highest BCUT2D eigenvalue weighted by atomic mass is 19.4. The van der Waals surface area contributed by atoms with Gasteiger partial charge >= 0.3 is 6.18 Å². The number of nitrogens with one attached hydrogen (secondary N) is 1. The van der Waals surface area contributed by atoms with Gasteiger partial charge in [-0.25, -0.2) is 0 Å². The summed E-state index contributed by atoms with van der Waals surface area (Å²) in [7, 11) is 0. The smallest absolute Gasteiger partial charge is 0.287 e. The number of nitrogens with zero attached hydrogens (tertiary/aromatic N) is 1. The van der Waals surface area contributed by atoms with Gasteiger partial charge < -0.3 is 0 Å². The van der Waals surface area contributed by atoms with Crippen LogP contribution < -0.4 is 5.32 Å². The molecule has 2 rings (SSSR count). The second-order valence-electron chi connectivity index (χ2n) is 5.92. The fourth-order valence-corrected chi connectivity index (χ4v) is 2.81. The molecule has 1 N–H and O–H groups in total. The van der Waals surface area contributed by atoms with E-state index in [4.69, 9.17) is 0 Å². The molecule has 0 amide bonds. The van der Waals surface area contributed by atoms with Crippen molar-refractivity contribution in [3.63, 3.8) is 0 Å². The second-order valence-corrected chi connectivity index (χ2v) is 5.92. The van der Waals surface area contributed by atoms with E-state index in [0.717, 1.165) is 5.56 Å². The van der Waals surface area contributed by atoms with E-state index in [9.17, 15) is 18.4 Å². The van der Waals surface area contributed by atoms with Crippen LogP contribution in [0.25, 0.3) is 0 Å². The minimum absolute atomic E-state index is 0.128. The van der Waals surface area contributed by atoms with E-state index in [1.165, 1.54) is 0 Å². The van der Waals surface area contributed by atoms with Crippen molar-refractivity contribution in [1.29, 1.82) is 5.26 Å². The Labute approximate surface area is 116 Å². The summed E-state index contributed by atoms with van der Waals surface area (Å²) in [5, 5.41) is 11.9. The summed E-state index contributed by atoms with van der Waals surface area (Å²) in [6.45, 7) is 2.95. The van der Waals surface area contributed by atoms with Crippen molar-refractivity contribution >= 4 is 0 Å². The number of benzene rings is 1. The maximum absolute atomic E-state index is 12.5. The predicted molar refractivity (Wildman–Crippen MR) is 70.1 cm³/mol. The molecule has 0 bridgehead atoms. The molecule has 1 aliphatic carbocycles. The number of alkyl halides is 3. The summed E-state index contributed by atoms with van der Waals surface area (Å²) < 4.78 is 37.4. The van der Waals surface area contributed by atoms with Gasteiger partial charge in [0.2, 0.25) is 0 Å². The molecule has 108 valence electrons. The highest BCUT2D eigenvalue weighted by Gasteiger charge is 2.44. The van der Waals surface area contributed by atoms with E-state index in [2.05, 4.69) is 25.2 Å². The van der Waals surface area contributed by atoms with E-state index < -0.39 is 18.3 Å². The Kier molecular flexibility index (Phi) is 3.55. The lowest BCUT2D eigenvalue weighted by molar-refractivity contribution is -0.128. The average molecular weight is 282 g/mol. The topological polar surface area (TPSA) is 35.8 Å². The highest BCUT2D eigenvalue weighted by Crippen LogP contribution is 2.44. The molecule has 1 atom stereocenters. The van der Waals surface area contributed by atoms with Gasteiger partial charge in [0, 0.05) is 0 Å². The van der Waals surface area contributed by atoms with Gasteiger partial charge in [0.05, 0.1) is 12.6 Å². The summed E-state index contributed by atoms with van der Waals surface area (Å²) in [6, 6.07) is 9.35. The van der Waals surface area contributed by atoms with Gasteiger partial charge in [0.1, 0.15) is 5.54 Å². The highest BCUT2D eigenvalue weighted by molar-refractivity contribution is 5.45. The SMILES string of the molecule is CC1(C)CCC(C#N)(NCC(F)(F)F)c2ccccc21. The Morgan fingerprint density at radius 2 is 1.80 bits per heavy atom. The average Bonchev–Trinajstić information content (AvgIpc) is 2.38. The number of hydrogen-bond donors (Lipinski definition) is 1. The van der Waals surface area contributed by atoms with E-state index in [-0.39, 0.29) is 5.41 Å². The largest absolute Gasteiger partial charge is 0.401 e. The summed E-state index contributed by atoms with van der Waals surface area (Å²) in [5.74, 6) is 0.